The van der Waals surface area contributed by atoms with Crippen LogP contribution in [0.5, 0.6) is 0 Å². The van der Waals surface area contributed by atoms with Crippen LogP contribution in [0, 0.1) is 5.92 Å². The maximum absolute atomic E-state index is 12.6. The van der Waals surface area contributed by atoms with Crippen molar-refractivity contribution >= 4 is 11.9 Å². The molecule has 0 amide bonds. The maximum atomic E-state index is 12.6. The Morgan fingerprint density at radius 3 is 1.13 bits per heavy atom. The fraction of sp³-hybridized carbons (Fsp3) is 0.941. The average Bonchev–Trinajstić information content (AvgIpc) is 2.92. The normalized spacial score (nSPS) is 12.0. The Morgan fingerprint density at radius 1 is 0.421 bits per heavy atom. The van der Waals surface area contributed by atoms with Crippen LogP contribution in [0.4, 0.5) is 0 Å². The zero-order valence-electron chi connectivity index (χ0n) is 26.0. The molecule has 0 spiro atoms. The fourth-order valence-corrected chi connectivity index (χ4v) is 5.21. The summed E-state index contributed by atoms with van der Waals surface area (Å²) < 4.78 is 0. The second-order valence-corrected chi connectivity index (χ2v) is 11.7. The van der Waals surface area contributed by atoms with Gasteiger partial charge in [-0.1, -0.05) is 175 Å². The van der Waals surface area contributed by atoms with Crippen LogP contribution in [0.3, 0.4) is 0 Å². The first-order valence-electron chi connectivity index (χ1n) is 17.1. The Hall–Kier alpha value is -1.06. The molecule has 4 heteroatoms. The van der Waals surface area contributed by atoms with Gasteiger partial charge >= 0.3 is 11.9 Å². The lowest BCUT2D eigenvalue weighted by atomic mass is 9.94. The maximum Gasteiger partial charge on any atom is 0.358 e. The largest absolute Gasteiger partial charge is 0.358 e. The van der Waals surface area contributed by atoms with Gasteiger partial charge in [0.1, 0.15) is 0 Å². The minimum Gasteiger partial charge on any atom is -0.247 e. The summed E-state index contributed by atoms with van der Waals surface area (Å²) in [5.41, 5.74) is 0. The first-order valence-corrected chi connectivity index (χ1v) is 17.1. The van der Waals surface area contributed by atoms with Crippen LogP contribution in [0.2, 0.25) is 0 Å². The Labute approximate surface area is 237 Å². The van der Waals surface area contributed by atoms with Crippen LogP contribution in [0.15, 0.2) is 0 Å². The molecule has 0 heterocycles. The predicted molar refractivity (Wildman–Crippen MR) is 162 cm³/mol. The van der Waals surface area contributed by atoms with Gasteiger partial charge in [-0.15, -0.1) is 0 Å². The second-order valence-electron chi connectivity index (χ2n) is 11.7. The number of hydrogen-bond acceptors (Lipinski definition) is 4. The molecule has 0 saturated carbocycles. The number of carbonyl (C=O) groups is 2. The summed E-state index contributed by atoms with van der Waals surface area (Å²) in [7, 11) is 0. The third-order valence-electron chi connectivity index (χ3n) is 7.85. The molecule has 226 valence electrons. The molecule has 0 bridgehead atoms. The quantitative estimate of drug-likeness (QED) is 0.0540. The van der Waals surface area contributed by atoms with Crippen molar-refractivity contribution in [3.05, 3.63) is 0 Å². The molecule has 0 fully saturated rings. The van der Waals surface area contributed by atoms with Gasteiger partial charge in [-0.05, 0) is 19.3 Å². The Bertz CT molecular complexity index is 505. The van der Waals surface area contributed by atoms with E-state index in [9.17, 15) is 9.59 Å². The summed E-state index contributed by atoms with van der Waals surface area (Å²) in [6.45, 7) is 6.69. The number of unbranched alkanes of at least 4 members (excludes halogenated alkanes) is 22. The summed E-state index contributed by atoms with van der Waals surface area (Å²) in [6.07, 6.45) is 33.3. The predicted octanol–water partition coefficient (Wildman–Crippen LogP) is 11.6. The van der Waals surface area contributed by atoms with E-state index in [1.54, 1.807) is 0 Å². The average molecular weight is 539 g/mol. The molecule has 0 aromatic rings. The zero-order valence-corrected chi connectivity index (χ0v) is 26.0. The van der Waals surface area contributed by atoms with Crippen molar-refractivity contribution < 1.29 is 19.4 Å². The van der Waals surface area contributed by atoms with Gasteiger partial charge in [0.15, 0.2) is 0 Å². The van der Waals surface area contributed by atoms with Crippen LogP contribution in [-0.2, 0) is 19.4 Å². The van der Waals surface area contributed by atoms with Gasteiger partial charge in [0.05, 0.1) is 12.3 Å². The van der Waals surface area contributed by atoms with Gasteiger partial charge in [-0.2, -0.15) is 0 Å². The van der Waals surface area contributed by atoms with Crippen LogP contribution in [0.1, 0.15) is 201 Å². The van der Waals surface area contributed by atoms with E-state index in [2.05, 4.69) is 20.8 Å². The van der Waals surface area contributed by atoms with Crippen molar-refractivity contribution in [2.24, 2.45) is 5.92 Å². The Kier molecular flexibility index (Phi) is 29.6. The molecule has 0 saturated heterocycles. The van der Waals surface area contributed by atoms with Gasteiger partial charge in [0, 0.05) is 0 Å². The van der Waals surface area contributed by atoms with E-state index in [0.29, 0.717) is 6.42 Å². The van der Waals surface area contributed by atoms with Crippen molar-refractivity contribution in [1.82, 2.24) is 0 Å². The van der Waals surface area contributed by atoms with Gasteiger partial charge in [-0.25, -0.2) is 19.4 Å². The summed E-state index contributed by atoms with van der Waals surface area (Å²) in [6, 6.07) is 0. The highest BCUT2D eigenvalue weighted by molar-refractivity contribution is 5.74. The first-order chi connectivity index (χ1) is 18.7. The lowest BCUT2D eigenvalue weighted by molar-refractivity contribution is -0.262. The summed E-state index contributed by atoms with van der Waals surface area (Å²) >= 11 is 0. The second kappa shape index (κ2) is 30.5. The SMILES string of the molecule is CCCCCCCCCCCCCCCCCC(=O)OOC(=O)C(CCCCCC)CCCCCCCC. The van der Waals surface area contributed by atoms with Gasteiger partial charge in [-0.3, -0.25) is 0 Å². The molecule has 1 unspecified atom stereocenters. The van der Waals surface area contributed by atoms with E-state index < -0.39 is 5.97 Å². The monoisotopic (exact) mass is 538 g/mol. The van der Waals surface area contributed by atoms with Crippen molar-refractivity contribution in [2.75, 3.05) is 0 Å². The molecule has 0 aliphatic rings. The third-order valence-corrected chi connectivity index (χ3v) is 7.85. The number of rotatable bonds is 29. The van der Waals surface area contributed by atoms with Crippen LogP contribution in [-0.4, -0.2) is 11.9 Å². The van der Waals surface area contributed by atoms with Gasteiger partial charge < -0.3 is 0 Å². The third kappa shape index (κ3) is 26.5. The molecule has 0 aliphatic carbocycles. The smallest absolute Gasteiger partial charge is 0.247 e. The minimum absolute atomic E-state index is 0.142. The molecule has 4 nitrogen and oxygen atoms in total. The molecule has 0 aromatic heterocycles. The van der Waals surface area contributed by atoms with Gasteiger partial charge in [0.2, 0.25) is 0 Å². The zero-order chi connectivity index (χ0) is 27.9. The molecular weight excluding hydrogens is 472 g/mol. The highest BCUT2D eigenvalue weighted by atomic mass is 17.2. The molecule has 38 heavy (non-hydrogen) atoms. The standard InChI is InChI=1S/C34H66O4/c1-4-7-10-13-15-16-17-18-19-20-21-22-23-25-28-31-33(35)37-38-34(36)32(29-26-12-9-6-3)30-27-24-14-11-8-5-2/h32H,4-31H2,1-3H3. The summed E-state index contributed by atoms with van der Waals surface area (Å²) in [5.74, 6) is -0.895. The Balaban J connectivity index is 3.79. The highest BCUT2D eigenvalue weighted by Crippen LogP contribution is 2.21. The first kappa shape index (κ1) is 36.9. The molecule has 1 atom stereocenters. The van der Waals surface area contributed by atoms with Crippen LogP contribution in [0.25, 0.3) is 0 Å². The molecular formula is C34H66O4. The van der Waals surface area contributed by atoms with E-state index in [1.807, 2.05) is 0 Å². The van der Waals surface area contributed by atoms with Crippen molar-refractivity contribution in [3.63, 3.8) is 0 Å². The summed E-state index contributed by atoms with van der Waals surface area (Å²) in [5, 5.41) is 0. The molecule has 0 rings (SSSR count). The molecule has 0 N–H and O–H groups in total. The minimum atomic E-state index is -0.405. The van der Waals surface area contributed by atoms with Gasteiger partial charge in [0.25, 0.3) is 0 Å². The van der Waals surface area contributed by atoms with Crippen LogP contribution < -0.4 is 0 Å². The van der Waals surface area contributed by atoms with Crippen LogP contribution >= 0.6 is 0 Å². The van der Waals surface area contributed by atoms with E-state index in [0.717, 1.165) is 51.4 Å². The van der Waals surface area contributed by atoms with Crippen molar-refractivity contribution in [1.29, 1.82) is 0 Å². The molecule has 0 radical (unpaired) electrons. The molecule has 0 aliphatic heterocycles. The highest BCUT2D eigenvalue weighted by Gasteiger charge is 2.22. The van der Waals surface area contributed by atoms with Crippen molar-refractivity contribution in [3.8, 4) is 0 Å². The van der Waals surface area contributed by atoms with E-state index >= 15 is 0 Å². The lowest BCUT2D eigenvalue weighted by Crippen LogP contribution is -2.20. The lowest BCUT2D eigenvalue weighted by Gasteiger charge is -2.14. The topological polar surface area (TPSA) is 52.6 Å². The van der Waals surface area contributed by atoms with E-state index in [4.69, 9.17) is 9.78 Å². The van der Waals surface area contributed by atoms with E-state index in [-0.39, 0.29) is 11.9 Å². The Morgan fingerprint density at radius 2 is 0.737 bits per heavy atom. The fourth-order valence-electron chi connectivity index (χ4n) is 5.21. The van der Waals surface area contributed by atoms with Crippen molar-refractivity contribution in [2.45, 2.75) is 201 Å². The number of hydrogen-bond donors (Lipinski definition) is 0. The molecule has 0 aromatic carbocycles. The van der Waals surface area contributed by atoms with E-state index in [1.165, 1.54) is 122 Å². The number of carbonyl (C=O) groups excluding carboxylic acids is 2. The summed E-state index contributed by atoms with van der Waals surface area (Å²) in [4.78, 5) is 34.6.